The fraction of sp³-hybridized carbons (Fsp3) is 0.429. The van der Waals surface area contributed by atoms with E-state index >= 15 is 0 Å². The number of pyridine rings is 1. The number of nitrogens with one attached hydrogen (secondary N) is 1. The van der Waals surface area contributed by atoms with Crippen LogP contribution in [-0.4, -0.2) is 35.6 Å². The van der Waals surface area contributed by atoms with Crippen LogP contribution in [0.4, 0.5) is 0 Å². The van der Waals surface area contributed by atoms with E-state index in [0.717, 1.165) is 21.4 Å². The second-order valence-corrected chi connectivity index (χ2v) is 5.42. The lowest BCUT2D eigenvalue weighted by Gasteiger charge is -2.07. The van der Waals surface area contributed by atoms with Crippen molar-refractivity contribution in [3.05, 3.63) is 33.7 Å². The Bertz CT molecular complexity index is 637. The molecule has 1 amide bonds. The zero-order chi connectivity index (χ0) is 14.7. The number of nitrogens with zero attached hydrogens (tertiary/aromatic N) is 2. The minimum atomic E-state index is -0.121. The first-order chi connectivity index (χ1) is 9.58. The number of halogens is 1. The van der Waals surface area contributed by atoms with Crippen molar-refractivity contribution in [1.82, 2.24) is 14.7 Å². The highest BCUT2D eigenvalue weighted by atomic mass is 79.9. The minimum absolute atomic E-state index is 0.121. The highest BCUT2D eigenvalue weighted by Gasteiger charge is 2.19. The van der Waals surface area contributed by atoms with Crippen LogP contribution >= 0.6 is 15.9 Å². The van der Waals surface area contributed by atoms with E-state index in [1.165, 1.54) is 0 Å². The average molecular weight is 340 g/mol. The molecule has 0 aromatic carbocycles. The number of carbonyl (C=O) groups excluding carboxylic acids is 1. The van der Waals surface area contributed by atoms with E-state index in [9.17, 15) is 4.79 Å². The molecule has 108 valence electrons. The van der Waals surface area contributed by atoms with Crippen LogP contribution < -0.4 is 5.32 Å². The Morgan fingerprint density at radius 1 is 1.55 bits per heavy atom. The van der Waals surface area contributed by atoms with Crippen molar-refractivity contribution >= 4 is 27.5 Å². The standard InChI is InChI=1S/C14H18BrN3O2/c1-4-11-12(14(19)16-5-6-20-3)18-8-9(2)7-10(15)13(18)17-11/h7-8H,4-6H2,1-3H3,(H,16,19). The van der Waals surface area contributed by atoms with Crippen LogP contribution in [0.5, 0.6) is 0 Å². The summed E-state index contributed by atoms with van der Waals surface area (Å²) in [7, 11) is 1.61. The monoisotopic (exact) mass is 339 g/mol. The molecule has 0 fully saturated rings. The molecule has 20 heavy (non-hydrogen) atoms. The van der Waals surface area contributed by atoms with Crippen molar-refractivity contribution in [2.45, 2.75) is 20.3 Å². The number of carbonyl (C=O) groups is 1. The summed E-state index contributed by atoms with van der Waals surface area (Å²) in [6, 6.07) is 1.99. The number of fused-ring (bicyclic) bond motifs is 1. The number of methoxy groups -OCH3 is 1. The van der Waals surface area contributed by atoms with Crippen molar-refractivity contribution in [1.29, 1.82) is 0 Å². The third kappa shape index (κ3) is 2.86. The zero-order valence-electron chi connectivity index (χ0n) is 11.9. The third-order valence-corrected chi connectivity index (χ3v) is 3.61. The van der Waals surface area contributed by atoms with Crippen LogP contribution in [0.3, 0.4) is 0 Å². The SMILES string of the molecule is CCc1nc2c(Br)cc(C)cn2c1C(=O)NCCOC. The first-order valence-corrected chi connectivity index (χ1v) is 7.32. The normalized spacial score (nSPS) is 11.0. The Morgan fingerprint density at radius 3 is 2.95 bits per heavy atom. The number of imidazole rings is 1. The number of amides is 1. The molecule has 0 spiro atoms. The van der Waals surface area contributed by atoms with Gasteiger partial charge in [-0.05, 0) is 40.9 Å². The van der Waals surface area contributed by atoms with Gasteiger partial charge in [-0.1, -0.05) is 6.92 Å². The lowest BCUT2D eigenvalue weighted by molar-refractivity contribution is 0.0930. The largest absolute Gasteiger partial charge is 0.383 e. The van der Waals surface area contributed by atoms with Gasteiger partial charge in [-0.25, -0.2) is 4.98 Å². The molecule has 0 aliphatic carbocycles. The van der Waals surface area contributed by atoms with Gasteiger partial charge in [-0.15, -0.1) is 0 Å². The van der Waals surface area contributed by atoms with Gasteiger partial charge in [0.05, 0.1) is 16.8 Å². The van der Waals surface area contributed by atoms with E-state index in [4.69, 9.17) is 4.74 Å². The Labute approximate surface area is 126 Å². The fourth-order valence-electron chi connectivity index (χ4n) is 2.12. The van der Waals surface area contributed by atoms with Gasteiger partial charge in [-0.2, -0.15) is 0 Å². The molecule has 2 aromatic rings. The van der Waals surface area contributed by atoms with Gasteiger partial charge in [0, 0.05) is 19.9 Å². The summed E-state index contributed by atoms with van der Waals surface area (Å²) in [5.41, 5.74) is 3.23. The van der Waals surface area contributed by atoms with Gasteiger partial charge in [0.1, 0.15) is 5.69 Å². The summed E-state index contributed by atoms with van der Waals surface area (Å²) in [5, 5.41) is 2.85. The van der Waals surface area contributed by atoms with E-state index < -0.39 is 0 Å². The molecule has 5 nitrogen and oxygen atoms in total. The topological polar surface area (TPSA) is 55.6 Å². The fourth-order valence-corrected chi connectivity index (χ4v) is 2.76. The highest BCUT2D eigenvalue weighted by Crippen LogP contribution is 2.22. The maximum atomic E-state index is 12.4. The quantitative estimate of drug-likeness (QED) is 0.850. The minimum Gasteiger partial charge on any atom is -0.383 e. The molecular formula is C14H18BrN3O2. The second kappa shape index (κ2) is 6.37. The van der Waals surface area contributed by atoms with Crippen LogP contribution in [-0.2, 0) is 11.2 Å². The number of hydrogen-bond donors (Lipinski definition) is 1. The molecule has 0 aliphatic heterocycles. The van der Waals surface area contributed by atoms with Crippen LogP contribution in [0.15, 0.2) is 16.7 Å². The first-order valence-electron chi connectivity index (χ1n) is 6.52. The first kappa shape index (κ1) is 15.0. The van der Waals surface area contributed by atoms with Gasteiger partial charge in [0.15, 0.2) is 5.65 Å². The van der Waals surface area contributed by atoms with Crippen molar-refractivity contribution < 1.29 is 9.53 Å². The summed E-state index contributed by atoms with van der Waals surface area (Å²) < 4.78 is 7.69. The lowest BCUT2D eigenvalue weighted by Crippen LogP contribution is -2.28. The van der Waals surface area contributed by atoms with Crippen molar-refractivity contribution in [3.63, 3.8) is 0 Å². The maximum Gasteiger partial charge on any atom is 0.270 e. The number of rotatable bonds is 5. The summed E-state index contributed by atoms with van der Waals surface area (Å²) in [6.45, 7) is 4.96. The van der Waals surface area contributed by atoms with Crippen LogP contribution in [0.1, 0.15) is 28.7 Å². The molecule has 2 heterocycles. The molecule has 2 aromatic heterocycles. The Kier molecular flexibility index (Phi) is 4.77. The summed E-state index contributed by atoms with van der Waals surface area (Å²) in [4.78, 5) is 16.9. The molecule has 0 bridgehead atoms. The Morgan fingerprint density at radius 2 is 2.30 bits per heavy atom. The second-order valence-electron chi connectivity index (χ2n) is 4.57. The van der Waals surface area contributed by atoms with E-state index in [-0.39, 0.29) is 5.91 Å². The van der Waals surface area contributed by atoms with Crippen LogP contribution in [0.2, 0.25) is 0 Å². The zero-order valence-corrected chi connectivity index (χ0v) is 13.5. The maximum absolute atomic E-state index is 12.4. The number of ether oxygens (including phenoxy) is 1. The molecule has 2 rings (SSSR count). The molecule has 0 saturated heterocycles. The molecule has 1 N–H and O–H groups in total. The predicted octanol–water partition coefficient (Wildman–Crippen LogP) is 2.34. The smallest absolute Gasteiger partial charge is 0.270 e. The molecule has 0 unspecified atom stereocenters. The van der Waals surface area contributed by atoms with Gasteiger partial charge in [0.25, 0.3) is 5.91 Å². The van der Waals surface area contributed by atoms with Gasteiger partial charge >= 0.3 is 0 Å². The van der Waals surface area contributed by atoms with Crippen molar-refractivity contribution in [2.24, 2.45) is 0 Å². The number of aromatic nitrogens is 2. The summed E-state index contributed by atoms with van der Waals surface area (Å²) in [5.74, 6) is -0.121. The Hall–Kier alpha value is -1.40. The van der Waals surface area contributed by atoms with Crippen molar-refractivity contribution in [3.8, 4) is 0 Å². The van der Waals surface area contributed by atoms with E-state index in [1.54, 1.807) is 7.11 Å². The van der Waals surface area contributed by atoms with Crippen molar-refractivity contribution in [2.75, 3.05) is 20.3 Å². The van der Waals surface area contributed by atoms with Gasteiger partial charge in [0.2, 0.25) is 0 Å². The molecule has 0 aliphatic rings. The van der Waals surface area contributed by atoms with Crippen LogP contribution in [0.25, 0.3) is 5.65 Å². The molecule has 0 saturated carbocycles. The number of aryl methyl sites for hydroxylation is 2. The van der Waals surface area contributed by atoms with E-state index in [1.807, 2.05) is 30.5 Å². The van der Waals surface area contributed by atoms with Gasteiger partial charge in [-0.3, -0.25) is 9.20 Å². The molecule has 0 atom stereocenters. The van der Waals surface area contributed by atoms with E-state index in [2.05, 4.69) is 26.2 Å². The summed E-state index contributed by atoms with van der Waals surface area (Å²) >= 11 is 3.50. The molecular weight excluding hydrogens is 322 g/mol. The van der Waals surface area contributed by atoms with Crippen LogP contribution in [0, 0.1) is 6.92 Å². The molecule has 6 heteroatoms. The number of hydrogen-bond acceptors (Lipinski definition) is 3. The Balaban J connectivity index is 2.47. The molecule has 0 radical (unpaired) electrons. The predicted molar refractivity (Wildman–Crippen MR) is 81.2 cm³/mol. The van der Waals surface area contributed by atoms with Gasteiger partial charge < -0.3 is 10.1 Å². The lowest BCUT2D eigenvalue weighted by atomic mass is 10.2. The third-order valence-electron chi connectivity index (χ3n) is 3.03. The summed E-state index contributed by atoms with van der Waals surface area (Å²) in [6.07, 6.45) is 2.64. The highest BCUT2D eigenvalue weighted by molar-refractivity contribution is 9.10. The average Bonchev–Trinajstić information content (AvgIpc) is 2.77. The van der Waals surface area contributed by atoms with E-state index in [0.29, 0.717) is 25.3 Å².